The molecule has 24 heavy (non-hydrogen) atoms. The summed E-state index contributed by atoms with van der Waals surface area (Å²) in [5.41, 5.74) is 5.31. The molecule has 1 heterocycles. The second-order valence-electron chi connectivity index (χ2n) is 4.95. The first kappa shape index (κ1) is 16.9. The lowest BCUT2D eigenvalue weighted by Crippen LogP contribution is -2.27. The second kappa shape index (κ2) is 7.19. The summed E-state index contributed by atoms with van der Waals surface area (Å²) in [6, 6.07) is 8.38. The quantitative estimate of drug-likeness (QED) is 0.474. The normalized spacial score (nSPS) is 11.5. The van der Waals surface area contributed by atoms with Crippen molar-refractivity contribution in [3.63, 3.8) is 0 Å². The third-order valence-corrected chi connectivity index (χ3v) is 3.18. The molecule has 0 aliphatic heterocycles. The van der Waals surface area contributed by atoms with Gasteiger partial charge in [-0.15, -0.1) is 0 Å². The third-order valence-electron chi connectivity index (χ3n) is 3.18. The molecule has 2 aromatic rings. The number of allylic oxidation sites excluding steroid dienone is 1. The lowest BCUT2D eigenvalue weighted by molar-refractivity contribution is -0.147. The molecule has 0 aliphatic carbocycles. The molecule has 122 valence electrons. The molecule has 1 aromatic heterocycles. The van der Waals surface area contributed by atoms with Gasteiger partial charge in [-0.3, -0.25) is 19.0 Å². The van der Waals surface area contributed by atoms with Crippen molar-refractivity contribution in [2.75, 3.05) is 6.61 Å². The zero-order valence-electron chi connectivity index (χ0n) is 12.9. The van der Waals surface area contributed by atoms with E-state index in [1.54, 1.807) is 30.3 Å². The van der Waals surface area contributed by atoms with E-state index in [2.05, 4.69) is 4.98 Å². The molecule has 2 rings (SSSR count). The van der Waals surface area contributed by atoms with Gasteiger partial charge in [0.15, 0.2) is 6.61 Å². The zero-order chi connectivity index (χ0) is 17.7. The number of ketones is 1. The summed E-state index contributed by atoms with van der Waals surface area (Å²) in [5, 5.41) is 9.17. The maximum atomic E-state index is 12.2. The summed E-state index contributed by atoms with van der Waals surface area (Å²) in [6.45, 7) is 0.391. The molecule has 2 N–H and O–H groups in total. The molecule has 0 fully saturated rings. The van der Waals surface area contributed by atoms with Gasteiger partial charge in [-0.05, 0) is 19.1 Å². The molecule has 0 spiro atoms. The summed E-state index contributed by atoms with van der Waals surface area (Å²) in [4.78, 5) is 39.8. The van der Waals surface area contributed by atoms with Crippen LogP contribution in [0.5, 0.6) is 0 Å². The number of aromatic nitrogens is 2. The Hall–Kier alpha value is -3.47. The summed E-state index contributed by atoms with van der Waals surface area (Å²) in [7, 11) is 0. The van der Waals surface area contributed by atoms with Crippen molar-refractivity contribution in [3.8, 4) is 6.07 Å². The van der Waals surface area contributed by atoms with Crippen molar-refractivity contribution in [2.24, 2.45) is 5.73 Å². The van der Waals surface area contributed by atoms with Crippen molar-refractivity contribution < 1.29 is 14.3 Å². The fourth-order valence-corrected chi connectivity index (χ4v) is 1.99. The van der Waals surface area contributed by atoms with Crippen molar-refractivity contribution in [3.05, 3.63) is 52.2 Å². The van der Waals surface area contributed by atoms with Crippen molar-refractivity contribution in [1.82, 2.24) is 9.55 Å². The second-order valence-corrected chi connectivity index (χ2v) is 4.95. The van der Waals surface area contributed by atoms with Crippen LogP contribution in [-0.2, 0) is 20.9 Å². The number of Topliss-reactive ketones (excluding diaryl/α,β-unsaturated/α-hetero) is 1. The molecule has 0 radical (unpaired) electrons. The van der Waals surface area contributed by atoms with Crippen LogP contribution in [0.4, 0.5) is 0 Å². The Morgan fingerprint density at radius 2 is 2.08 bits per heavy atom. The number of hydrogen-bond donors (Lipinski definition) is 1. The zero-order valence-corrected chi connectivity index (χ0v) is 12.9. The first-order valence-electron chi connectivity index (χ1n) is 6.93. The number of benzene rings is 1. The molecular weight excluding hydrogens is 312 g/mol. The highest BCUT2D eigenvalue weighted by atomic mass is 16.5. The number of carbonyl (C=O) groups is 2. The van der Waals surface area contributed by atoms with Gasteiger partial charge in [-0.1, -0.05) is 12.1 Å². The fourth-order valence-electron chi connectivity index (χ4n) is 1.99. The van der Waals surface area contributed by atoms with Gasteiger partial charge >= 0.3 is 5.97 Å². The van der Waals surface area contributed by atoms with Gasteiger partial charge in [0, 0.05) is 5.70 Å². The first-order chi connectivity index (χ1) is 11.4. The maximum Gasteiger partial charge on any atom is 0.326 e. The first-order valence-corrected chi connectivity index (χ1v) is 6.93. The number of para-hydroxylation sites is 1. The summed E-state index contributed by atoms with van der Waals surface area (Å²) < 4.78 is 5.88. The predicted molar refractivity (Wildman–Crippen MR) is 84.5 cm³/mol. The van der Waals surface area contributed by atoms with E-state index in [9.17, 15) is 14.4 Å². The minimum Gasteiger partial charge on any atom is -0.456 e. The van der Waals surface area contributed by atoms with Crippen molar-refractivity contribution in [2.45, 2.75) is 13.5 Å². The van der Waals surface area contributed by atoms with Crippen LogP contribution < -0.4 is 11.3 Å². The number of nitrogens with zero attached hydrogens (tertiary/aromatic N) is 3. The number of esters is 1. The molecule has 1 aromatic carbocycles. The fraction of sp³-hybridized carbons (Fsp3) is 0.188. The Bertz CT molecular complexity index is 933. The van der Waals surface area contributed by atoms with Gasteiger partial charge in [0.05, 0.1) is 17.2 Å². The minimum atomic E-state index is -0.797. The average Bonchev–Trinajstić information content (AvgIpc) is 2.56. The van der Waals surface area contributed by atoms with Crippen LogP contribution in [0.1, 0.15) is 6.92 Å². The molecule has 8 heteroatoms. The van der Waals surface area contributed by atoms with E-state index in [0.29, 0.717) is 10.9 Å². The molecule has 0 amide bonds. The van der Waals surface area contributed by atoms with Crippen LogP contribution in [-0.4, -0.2) is 27.9 Å². The highest BCUT2D eigenvalue weighted by molar-refractivity contribution is 6.01. The average molecular weight is 326 g/mol. The van der Waals surface area contributed by atoms with Gasteiger partial charge in [-0.25, -0.2) is 4.98 Å². The number of hydrogen-bond acceptors (Lipinski definition) is 7. The van der Waals surface area contributed by atoms with Crippen LogP contribution in [0.2, 0.25) is 0 Å². The monoisotopic (exact) mass is 326 g/mol. The van der Waals surface area contributed by atoms with Gasteiger partial charge in [0.25, 0.3) is 5.56 Å². The molecule has 0 aliphatic rings. The highest BCUT2D eigenvalue weighted by Crippen LogP contribution is 2.05. The van der Waals surface area contributed by atoms with E-state index in [4.69, 9.17) is 15.7 Å². The molecule has 8 nitrogen and oxygen atoms in total. The van der Waals surface area contributed by atoms with Gasteiger partial charge in [-0.2, -0.15) is 5.26 Å². The van der Waals surface area contributed by atoms with Crippen LogP contribution in [0.3, 0.4) is 0 Å². The van der Waals surface area contributed by atoms with E-state index in [0.717, 1.165) is 4.57 Å². The molecule has 0 atom stereocenters. The maximum absolute atomic E-state index is 12.2. The lowest BCUT2D eigenvalue weighted by atomic mass is 10.1. The Morgan fingerprint density at radius 1 is 1.38 bits per heavy atom. The molecule has 0 saturated heterocycles. The van der Waals surface area contributed by atoms with Crippen LogP contribution >= 0.6 is 0 Å². The summed E-state index contributed by atoms with van der Waals surface area (Å²) >= 11 is 0. The number of fused-ring (bicyclic) bond motifs is 1. The van der Waals surface area contributed by atoms with E-state index in [1.807, 2.05) is 0 Å². The minimum absolute atomic E-state index is 0.0495. The molecular formula is C16H14N4O4. The third kappa shape index (κ3) is 3.64. The van der Waals surface area contributed by atoms with Crippen molar-refractivity contribution in [1.29, 1.82) is 5.26 Å². The number of nitriles is 1. The molecule has 0 saturated carbocycles. The van der Waals surface area contributed by atoms with E-state index in [-0.39, 0.29) is 16.8 Å². The number of rotatable bonds is 5. The Kier molecular flexibility index (Phi) is 5.06. The molecule has 0 unspecified atom stereocenters. The predicted octanol–water partition coefficient (Wildman–Crippen LogP) is 0.265. The van der Waals surface area contributed by atoms with E-state index < -0.39 is 24.9 Å². The highest BCUT2D eigenvalue weighted by Gasteiger charge is 2.15. The Morgan fingerprint density at radius 3 is 2.75 bits per heavy atom. The van der Waals surface area contributed by atoms with Crippen molar-refractivity contribution >= 4 is 22.7 Å². The van der Waals surface area contributed by atoms with Crippen LogP contribution in [0.25, 0.3) is 10.9 Å². The number of ether oxygens (including phenoxy) is 1. The largest absolute Gasteiger partial charge is 0.456 e. The van der Waals surface area contributed by atoms with E-state index in [1.165, 1.54) is 13.3 Å². The number of carbonyl (C=O) groups excluding carboxylic acids is 2. The Labute approximate surface area is 136 Å². The van der Waals surface area contributed by atoms with E-state index >= 15 is 0 Å². The van der Waals surface area contributed by atoms with Gasteiger partial charge in [0.1, 0.15) is 18.2 Å². The summed E-state index contributed by atoms with van der Waals surface area (Å²) in [6.07, 6.45) is 1.23. The van der Waals surface area contributed by atoms with Gasteiger partial charge in [0.2, 0.25) is 5.78 Å². The molecule has 0 bridgehead atoms. The summed E-state index contributed by atoms with van der Waals surface area (Å²) in [5.74, 6) is -1.50. The van der Waals surface area contributed by atoms with Gasteiger partial charge < -0.3 is 10.5 Å². The topological polar surface area (TPSA) is 128 Å². The van der Waals surface area contributed by atoms with Crippen LogP contribution in [0.15, 0.2) is 46.7 Å². The Balaban J connectivity index is 2.07. The van der Waals surface area contributed by atoms with Crippen LogP contribution in [0, 0.1) is 11.3 Å². The number of nitrogens with two attached hydrogens (primary N) is 1. The SMILES string of the molecule is C/C(N)=C(/C#N)C(=O)COC(=O)Cn1cnc2ccccc2c1=O. The smallest absolute Gasteiger partial charge is 0.326 e. The lowest BCUT2D eigenvalue weighted by Gasteiger charge is -2.07. The standard InChI is InChI=1S/C16H14N4O4/c1-10(18)12(6-17)14(21)8-24-15(22)7-20-9-19-13-5-3-2-4-11(13)16(20)23/h2-5,9H,7-8,18H2,1H3/b12-10+.